The number of aryl methyl sites for hydroxylation is 1. The van der Waals surface area contributed by atoms with E-state index < -0.39 is 8.07 Å². The lowest BCUT2D eigenvalue weighted by Crippen LogP contribution is -2.24. The third-order valence-electron chi connectivity index (χ3n) is 2.22. The first kappa shape index (κ1) is 10.5. The van der Waals surface area contributed by atoms with Gasteiger partial charge in [0.15, 0.2) is 0 Å². The summed E-state index contributed by atoms with van der Waals surface area (Å²) in [6, 6.07) is 10.2. The van der Waals surface area contributed by atoms with Gasteiger partial charge in [-0.15, -0.1) is 0 Å². The molecule has 0 nitrogen and oxygen atoms in total. The molecule has 1 heteroatoms. The van der Waals surface area contributed by atoms with Gasteiger partial charge in [-0.3, -0.25) is 0 Å². The van der Waals surface area contributed by atoms with E-state index in [1.807, 2.05) is 0 Å². The summed E-state index contributed by atoms with van der Waals surface area (Å²) in [4.78, 5) is 0. The molecule has 0 atom stereocenters. The summed E-state index contributed by atoms with van der Waals surface area (Å²) in [5.41, 5.74) is 3.11. The van der Waals surface area contributed by atoms with Crippen LogP contribution < -0.4 is 0 Å². The van der Waals surface area contributed by atoms with Crippen LogP contribution in [0.3, 0.4) is 0 Å². The van der Waals surface area contributed by atoms with Crippen LogP contribution in [0, 0.1) is 0 Å². The van der Waals surface area contributed by atoms with E-state index in [1.165, 1.54) is 18.0 Å². The Morgan fingerprint density at radius 1 is 1.00 bits per heavy atom. The monoisotopic (exact) mass is 192 g/mol. The zero-order valence-corrected chi connectivity index (χ0v) is 10.2. The van der Waals surface area contributed by atoms with E-state index in [9.17, 15) is 0 Å². The second-order valence-electron chi connectivity index (χ2n) is 4.86. The standard InChI is InChI=1S/C12H20Si/c1-5-11-8-6-7-9-12(11)10-13(2,3)4/h6-9H,5,10H2,1-4H3. The molecule has 0 N–H and O–H groups in total. The third kappa shape index (κ3) is 3.35. The molecule has 1 rings (SSSR count). The zero-order valence-electron chi connectivity index (χ0n) is 9.22. The van der Waals surface area contributed by atoms with Crippen molar-refractivity contribution in [2.45, 2.75) is 39.0 Å². The van der Waals surface area contributed by atoms with Crippen molar-refractivity contribution >= 4 is 8.07 Å². The van der Waals surface area contributed by atoms with Crippen LogP contribution in [0.5, 0.6) is 0 Å². The molecular formula is C12H20Si. The van der Waals surface area contributed by atoms with E-state index in [0.717, 1.165) is 0 Å². The second kappa shape index (κ2) is 4.10. The quantitative estimate of drug-likeness (QED) is 0.641. The summed E-state index contributed by atoms with van der Waals surface area (Å²) in [5.74, 6) is 0. The lowest BCUT2D eigenvalue weighted by molar-refractivity contribution is 1.09. The van der Waals surface area contributed by atoms with Gasteiger partial charge in [0, 0.05) is 8.07 Å². The maximum atomic E-state index is 2.43. The van der Waals surface area contributed by atoms with E-state index in [2.05, 4.69) is 50.8 Å². The fourth-order valence-corrected chi connectivity index (χ4v) is 3.13. The molecular weight excluding hydrogens is 172 g/mol. The Morgan fingerprint density at radius 3 is 2.00 bits per heavy atom. The Bertz CT molecular complexity index is 271. The van der Waals surface area contributed by atoms with E-state index in [0.29, 0.717) is 0 Å². The van der Waals surface area contributed by atoms with Crippen molar-refractivity contribution in [3.63, 3.8) is 0 Å². The Morgan fingerprint density at radius 2 is 1.54 bits per heavy atom. The Hall–Kier alpha value is -0.563. The Kier molecular flexibility index (Phi) is 3.31. The van der Waals surface area contributed by atoms with E-state index in [-0.39, 0.29) is 0 Å². The molecule has 1 aromatic rings. The molecule has 0 saturated heterocycles. The molecule has 0 aliphatic rings. The summed E-state index contributed by atoms with van der Waals surface area (Å²) in [7, 11) is -0.946. The van der Waals surface area contributed by atoms with Crippen molar-refractivity contribution in [2.75, 3.05) is 0 Å². The largest absolute Gasteiger partial charge is 0.0693 e. The topological polar surface area (TPSA) is 0 Å². The SMILES string of the molecule is CCc1ccccc1C[Si](C)(C)C. The predicted molar refractivity (Wildman–Crippen MR) is 62.9 cm³/mol. The van der Waals surface area contributed by atoms with Crippen molar-refractivity contribution in [2.24, 2.45) is 0 Å². The van der Waals surface area contributed by atoms with Gasteiger partial charge in [-0.05, 0) is 23.6 Å². The number of rotatable bonds is 3. The molecule has 0 heterocycles. The molecule has 0 aliphatic carbocycles. The van der Waals surface area contributed by atoms with Crippen LogP contribution >= 0.6 is 0 Å². The smallest absolute Gasteiger partial charge is 0.0487 e. The first-order valence-corrected chi connectivity index (χ1v) is 8.80. The molecule has 0 spiro atoms. The van der Waals surface area contributed by atoms with Crippen molar-refractivity contribution < 1.29 is 0 Å². The minimum Gasteiger partial charge on any atom is -0.0693 e. The summed E-state index contributed by atoms with van der Waals surface area (Å²) >= 11 is 0. The van der Waals surface area contributed by atoms with Crippen LogP contribution in [-0.4, -0.2) is 8.07 Å². The number of hydrogen-bond donors (Lipinski definition) is 0. The third-order valence-corrected chi connectivity index (χ3v) is 3.66. The molecule has 1 aromatic carbocycles. The van der Waals surface area contributed by atoms with Crippen molar-refractivity contribution in [1.29, 1.82) is 0 Å². The Labute approximate surface area is 83.0 Å². The second-order valence-corrected chi connectivity index (χ2v) is 10.3. The van der Waals surface area contributed by atoms with Gasteiger partial charge in [-0.1, -0.05) is 50.8 Å². The summed E-state index contributed by atoms with van der Waals surface area (Å²) < 4.78 is 0. The van der Waals surface area contributed by atoms with Crippen molar-refractivity contribution in [1.82, 2.24) is 0 Å². The molecule has 0 amide bonds. The molecule has 0 unspecified atom stereocenters. The van der Waals surface area contributed by atoms with Gasteiger partial charge in [-0.25, -0.2) is 0 Å². The zero-order chi connectivity index (χ0) is 9.90. The maximum absolute atomic E-state index is 2.43. The van der Waals surface area contributed by atoms with E-state index in [4.69, 9.17) is 0 Å². The molecule has 0 radical (unpaired) electrons. The molecule has 0 bridgehead atoms. The summed E-state index contributed by atoms with van der Waals surface area (Å²) in [6.45, 7) is 9.53. The van der Waals surface area contributed by atoms with Gasteiger partial charge in [0.2, 0.25) is 0 Å². The fourth-order valence-electron chi connectivity index (χ4n) is 1.65. The molecule has 13 heavy (non-hydrogen) atoms. The lowest BCUT2D eigenvalue weighted by atomic mass is 10.1. The highest BCUT2D eigenvalue weighted by atomic mass is 28.3. The van der Waals surface area contributed by atoms with E-state index >= 15 is 0 Å². The highest BCUT2D eigenvalue weighted by Crippen LogP contribution is 2.16. The van der Waals surface area contributed by atoms with Gasteiger partial charge in [0.1, 0.15) is 0 Å². The van der Waals surface area contributed by atoms with Gasteiger partial charge < -0.3 is 0 Å². The average molecular weight is 192 g/mol. The summed E-state index contributed by atoms with van der Waals surface area (Å²) in [5, 5.41) is 0. The molecule has 0 aromatic heterocycles. The minimum absolute atomic E-state index is 0.946. The minimum atomic E-state index is -0.946. The first-order valence-electron chi connectivity index (χ1n) is 5.10. The summed E-state index contributed by atoms with van der Waals surface area (Å²) in [6.07, 6.45) is 1.17. The van der Waals surface area contributed by atoms with Gasteiger partial charge in [0.05, 0.1) is 0 Å². The average Bonchev–Trinajstić information content (AvgIpc) is 2.02. The maximum Gasteiger partial charge on any atom is 0.0487 e. The highest BCUT2D eigenvalue weighted by Gasteiger charge is 2.14. The normalized spacial score (nSPS) is 11.7. The van der Waals surface area contributed by atoms with Crippen molar-refractivity contribution in [3.05, 3.63) is 35.4 Å². The van der Waals surface area contributed by atoms with Gasteiger partial charge in [-0.2, -0.15) is 0 Å². The number of hydrogen-bond acceptors (Lipinski definition) is 0. The fraction of sp³-hybridized carbons (Fsp3) is 0.500. The van der Waals surface area contributed by atoms with Crippen LogP contribution in [0.25, 0.3) is 0 Å². The van der Waals surface area contributed by atoms with Crippen LogP contribution in [0.1, 0.15) is 18.1 Å². The van der Waals surface area contributed by atoms with Gasteiger partial charge >= 0.3 is 0 Å². The molecule has 0 aliphatic heterocycles. The van der Waals surface area contributed by atoms with Crippen LogP contribution in [0.15, 0.2) is 24.3 Å². The molecule has 0 fully saturated rings. The first-order chi connectivity index (χ1) is 6.03. The van der Waals surface area contributed by atoms with E-state index in [1.54, 1.807) is 5.56 Å². The Balaban J connectivity index is 2.87. The lowest BCUT2D eigenvalue weighted by Gasteiger charge is -2.17. The highest BCUT2D eigenvalue weighted by molar-refractivity contribution is 6.75. The van der Waals surface area contributed by atoms with Crippen LogP contribution in [0.2, 0.25) is 19.6 Å². The van der Waals surface area contributed by atoms with Crippen LogP contribution in [0.4, 0.5) is 0 Å². The number of benzene rings is 1. The van der Waals surface area contributed by atoms with Crippen LogP contribution in [-0.2, 0) is 12.5 Å². The van der Waals surface area contributed by atoms with Crippen molar-refractivity contribution in [3.8, 4) is 0 Å². The molecule has 0 saturated carbocycles. The molecule has 72 valence electrons. The predicted octanol–water partition coefficient (Wildman–Crippen LogP) is 3.67. The van der Waals surface area contributed by atoms with Gasteiger partial charge in [0.25, 0.3) is 0 Å².